The second-order valence-corrected chi connectivity index (χ2v) is 9.33. The first-order chi connectivity index (χ1) is 17.2. The van der Waals surface area contributed by atoms with Crippen LogP contribution in [0.5, 0.6) is 17.2 Å². The molecule has 2 aliphatic rings. The molecule has 0 bridgehead atoms. The summed E-state index contributed by atoms with van der Waals surface area (Å²) in [5.41, 5.74) is 3.19. The molecule has 8 nitrogen and oxygen atoms in total. The number of hydrogen-bond donors (Lipinski definition) is 0. The van der Waals surface area contributed by atoms with Crippen LogP contribution in [-0.2, 0) is 11.3 Å². The number of anilines is 1. The number of imidazole rings is 1. The molecule has 2 aromatic carbocycles. The molecule has 0 aliphatic carbocycles. The van der Waals surface area contributed by atoms with Crippen molar-refractivity contribution in [2.75, 3.05) is 57.2 Å². The quantitative estimate of drug-likeness (QED) is 0.463. The molecule has 0 saturated carbocycles. The first-order valence-corrected chi connectivity index (χ1v) is 12.9. The number of carbonyl (C=O) groups is 1. The topological polar surface area (TPSA) is 69.1 Å². The highest BCUT2D eigenvalue weighted by atomic mass is 32.2. The average Bonchev–Trinajstić information content (AvgIpc) is 3.34. The smallest absolute Gasteiger partial charge is 0.233 e. The average molecular weight is 495 g/mol. The van der Waals surface area contributed by atoms with Crippen LogP contribution in [0.15, 0.2) is 53.8 Å². The van der Waals surface area contributed by atoms with Gasteiger partial charge in [-0.25, -0.2) is 4.98 Å². The van der Waals surface area contributed by atoms with E-state index in [4.69, 9.17) is 14.2 Å². The fraction of sp³-hybridized carbons (Fsp3) is 0.385. The number of nitrogens with zero attached hydrogens (tertiary/aromatic N) is 4. The predicted octanol–water partition coefficient (Wildman–Crippen LogP) is 3.79. The Morgan fingerprint density at radius 3 is 2.49 bits per heavy atom. The second-order valence-electron chi connectivity index (χ2n) is 8.38. The number of methoxy groups -OCH3 is 1. The van der Waals surface area contributed by atoms with E-state index < -0.39 is 0 Å². The zero-order valence-corrected chi connectivity index (χ0v) is 20.9. The summed E-state index contributed by atoms with van der Waals surface area (Å²) < 4.78 is 18.8. The lowest BCUT2D eigenvalue weighted by Gasteiger charge is -2.36. The van der Waals surface area contributed by atoms with E-state index in [0.717, 1.165) is 72.1 Å². The summed E-state index contributed by atoms with van der Waals surface area (Å²) in [6.07, 6.45) is 1.87. The van der Waals surface area contributed by atoms with E-state index in [9.17, 15) is 4.79 Å². The van der Waals surface area contributed by atoms with Crippen molar-refractivity contribution >= 4 is 23.4 Å². The maximum Gasteiger partial charge on any atom is 0.233 e. The van der Waals surface area contributed by atoms with Gasteiger partial charge in [-0.2, -0.15) is 0 Å². The zero-order valence-electron chi connectivity index (χ0n) is 20.1. The minimum atomic E-state index is 0.149. The van der Waals surface area contributed by atoms with Gasteiger partial charge in [-0.15, -0.1) is 0 Å². The van der Waals surface area contributed by atoms with Gasteiger partial charge in [0.1, 0.15) is 19.0 Å². The summed E-state index contributed by atoms with van der Waals surface area (Å²) in [5.74, 6) is 2.91. The van der Waals surface area contributed by atoms with Crippen molar-refractivity contribution in [3.8, 4) is 28.5 Å². The van der Waals surface area contributed by atoms with Gasteiger partial charge in [-0.1, -0.05) is 11.8 Å². The van der Waals surface area contributed by atoms with Crippen LogP contribution in [0.1, 0.15) is 6.92 Å². The number of piperazine rings is 1. The van der Waals surface area contributed by atoms with Crippen molar-refractivity contribution in [3.05, 3.63) is 48.7 Å². The minimum absolute atomic E-state index is 0.149. The normalized spacial score (nSPS) is 15.3. The van der Waals surface area contributed by atoms with Crippen LogP contribution in [0.4, 0.5) is 5.69 Å². The van der Waals surface area contributed by atoms with Crippen LogP contribution in [0.2, 0.25) is 0 Å². The lowest BCUT2D eigenvalue weighted by molar-refractivity contribution is -0.128. The Labute approximate surface area is 209 Å². The Balaban J connectivity index is 1.18. The van der Waals surface area contributed by atoms with Gasteiger partial charge < -0.3 is 28.6 Å². The van der Waals surface area contributed by atoms with Gasteiger partial charge in [-0.3, -0.25) is 4.79 Å². The van der Waals surface area contributed by atoms with E-state index in [1.807, 2.05) is 41.4 Å². The van der Waals surface area contributed by atoms with Gasteiger partial charge in [-0.05, 0) is 49.4 Å². The summed E-state index contributed by atoms with van der Waals surface area (Å²) in [6.45, 7) is 7.06. The number of carbonyl (C=O) groups excluding carboxylic acids is 1. The third kappa shape index (κ3) is 5.05. The molecular weight excluding hydrogens is 464 g/mol. The number of benzene rings is 2. The van der Waals surface area contributed by atoms with Crippen molar-refractivity contribution in [1.82, 2.24) is 14.5 Å². The van der Waals surface area contributed by atoms with Gasteiger partial charge in [0.2, 0.25) is 5.91 Å². The van der Waals surface area contributed by atoms with Crippen LogP contribution < -0.4 is 19.1 Å². The Hall–Kier alpha value is -3.33. The predicted molar refractivity (Wildman–Crippen MR) is 137 cm³/mol. The van der Waals surface area contributed by atoms with Crippen LogP contribution in [0.25, 0.3) is 11.3 Å². The summed E-state index contributed by atoms with van der Waals surface area (Å²) in [5, 5.41) is 0.850. The number of hydrogen-bond acceptors (Lipinski definition) is 7. The SMILES string of the molecule is CCn1c(-c2ccc3c(c2)OCCO3)cnc1SCC(=O)N1CCN(c2ccc(OC)cc2)CC1. The molecule has 2 aliphatic heterocycles. The Kier molecular flexibility index (Phi) is 7.03. The summed E-state index contributed by atoms with van der Waals surface area (Å²) in [7, 11) is 1.67. The second kappa shape index (κ2) is 10.5. The van der Waals surface area contributed by atoms with Crippen LogP contribution in [-0.4, -0.2) is 72.6 Å². The van der Waals surface area contributed by atoms with Crippen LogP contribution in [0.3, 0.4) is 0 Å². The van der Waals surface area contributed by atoms with Crippen LogP contribution >= 0.6 is 11.8 Å². The fourth-order valence-electron chi connectivity index (χ4n) is 4.44. The molecule has 3 aromatic rings. The molecule has 1 saturated heterocycles. The molecule has 3 heterocycles. The van der Waals surface area contributed by atoms with Gasteiger partial charge >= 0.3 is 0 Å². The molecule has 184 valence electrons. The van der Waals surface area contributed by atoms with Crippen molar-refractivity contribution in [2.24, 2.45) is 0 Å². The Morgan fingerprint density at radius 1 is 1.03 bits per heavy atom. The van der Waals surface area contributed by atoms with E-state index in [-0.39, 0.29) is 5.91 Å². The van der Waals surface area contributed by atoms with Crippen molar-refractivity contribution in [1.29, 1.82) is 0 Å². The van der Waals surface area contributed by atoms with E-state index in [2.05, 4.69) is 33.5 Å². The van der Waals surface area contributed by atoms with Gasteiger partial charge in [0, 0.05) is 44.0 Å². The van der Waals surface area contributed by atoms with Gasteiger partial charge in [0.05, 0.1) is 24.8 Å². The standard InChI is InChI=1S/C26H30N4O4S/c1-3-30-22(19-4-9-23-24(16-19)34-15-14-33-23)17-27-26(30)35-18-25(31)29-12-10-28(11-13-29)20-5-7-21(32-2)8-6-20/h4-9,16-17H,3,10-15,18H2,1-2H3. The van der Waals surface area contributed by atoms with E-state index in [1.54, 1.807) is 7.11 Å². The number of rotatable bonds is 7. The number of thioether (sulfide) groups is 1. The molecule has 0 atom stereocenters. The van der Waals surface area contributed by atoms with Crippen molar-refractivity contribution < 1.29 is 19.0 Å². The Bertz CT molecular complexity index is 1170. The molecule has 1 aromatic heterocycles. The largest absolute Gasteiger partial charge is 0.497 e. The van der Waals surface area contributed by atoms with Crippen LogP contribution in [0, 0.1) is 0 Å². The summed E-state index contributed by atoms with van der Waals surface area (Å²) in [4.78, 5) is 21.8. The number of ether oxygens (including phenoxy) is 3. The zero-order chi connectivity index (χ0) is 24.2. The first kappa shape index (κ1) is 23.4. The van der Waals surface area contributed by atoms with E-state index in [1.165, 1.54) is 11.8 Å². The van der Waals surface area contributed by atoms with E-state index in [0.29, 0.717) is 19.0 Å². The van der Waals surface area contributed by atoms with Gasteiger partial charge in [0.25, 0.3) is 0 Å². The molecule has 9 heteroatoms. The maximum absolute atomic E-state index is 12.9. The maximum atomic E-state index is 12.9. The molecule has 0 unspecified atom stereocenters. The molecule has 5 rings (SSSR count). The first-order valence-electron chi connectivity index (χ1n) is 11.9. The molecule has 1 fully saturated rings. The summed E-state index contributed by atoms with van der Waals surface area (Å²) in [6, 6.07) is 14.0. The third-order valence-corrected chi connectivity index (χ3v) is 7.34. The minimum Gasteiger partial charge on any atom is -0.497 e. The third-order valence-electron chi connectivity index (χ3n) is 6.37. The highest BCUT2D eigenvalue weighted by molar-refractivity contribution is 7.99. The molecular formula is C26H30N4O4S. The lowest BCUT2D eigenvalue weighted by atomic mass is 10.1. The molecule has 0 spiro atoms. The van der Waals surface area contributed by atoms with Crippen molar-refractivity contribution in [3.63, 3.8) is 0 Å². The monoisotopic (exact) mass is 494 g/mol. The molecule has 35 heavy (non-hydrogen) atoms. The van der Waals surface area contributed by atoms with Gasteiger partial charge in [0.15, 0.2) is 16.7 Å². The van der Waals surface area contributed by atoms with E-state index >= 15 is 0 Å². The summed E-state index contributed by atoms with van der Waals surface area (Å²) >= 11 is 1.50. The molecule has 0 N–H and O–H groups in total. The highest BCUT2D eigenvalue weighted by Gasteiger charge is 2.23. The highest BCUT2D eigenvalue weighted by Crippen LogP contribution is 2.35. The lowest BCUT2D eigenvalue weighted by Crippen LogP contribution is -2.49. The Morgan fingerprint density at radius 2 is 1.77 bits per heavy atom. The number of aromatic nitrogens is 2. The fourth-order valence-corrected chi connectivity index (χ4v) is 5.38. The number of fused-ring (bicyclic) bond motifs is 1. The number of amides is 1. The molecule has 1 amide bonds. The molecule has 0 radical (unpaired) electrons. The van der Waals surface area contributed by atoms with Crippen molar-refractivity contribution in [2.45, 2.75) is 18.6 Å².